The van der Waals surface area contributed by atoms with E-state index >= 15 is 0 Å². The van der Waals surface area contributed by atoms with Gasteiger partial charge in [0, 0.05) is 6.07 Å². The summed E-state index contributed by atoms with van der Waals surface area (Å²) in [6.07, 6.45) is -4.18. The van der Waals surface area contributed by atoms with Gasteiger partial charge in [-0.1, -0.05) is 0 Å². The number of halogens is 4. The summed E-state index contributed by atoms with van der Waals surface area (Å²) in [6.45, 7) is 0. The maximum atomic E-state index is 12.0. The van der Waals surface area contributed by atoms with Crippen molar-refractivity contribution in [2.45, 2.75) is 6.18 Å². The molecule has 1 heterocycles. The molecule has 0 amide bonds. The fourth-order valence-corrected chi connectivity index (χ4v) is 0.928. The van der Waals surface area contributed by atoms with Crippen LogP contribution in [0.1, 0.15) is 5.56 Å². The molecule has 0 atom stereocenters. The second-order valence-corrected chi connectivity index (χ2v) is 2.52. The van der Waals surface area contributed by atoms with Crippen molar-refractivity contribution in [1.29, 1.82) is 0 Å². The molecule has 0 radical (unpaired) electrons. The fourth-order valence-electron chi connectivity index (χ4n) is 0.712. The van der Waals surface area contributed by atoms with Gasteiger partial charge >= 0.3 is 12.0 Å². The number of alkyl halides is 3. The van der Waals surface area contributed by atoms with Crippen LogP contribution in [0.2, 0.25) is 0 Å². The second kappa shape index (κ2) is 2.91. The molecule has 1 rings (SSSR count). The Balaban J connectivity index is 3.17. The largest absolute Gasteiger partial charge is 0.420 e. The summed E-state index contributed by atoms with van der Waals surface area (Å²) >= 11 is 5.12. The number of rotatable bonds is 1. The standard InChI is InChI=1S/C5H2ClF3N2O2/c6-10-2-3(5(7,8)9)1-4(10)11(12)13/h1-2H. The van der Waals surface area contributed by atoms with Crippen LogP contribution >= 0.6 is 11.8 Å². The highest BCUT2D eigenvalue weighted by atomic mass is 35.5. The topological polar surface area (TPSA) is 48.1 Å². The molecule has 0 spiro atoms. The van der Waals surface area contributed by atoms with Crippen molar-refractivity contribution in [2.75, 3.05) is 0 Å². The van der Waals surface area contributed by atoms with Crippen LogP contribution in [0, 0.1) is 10.1 Å². The Morgan fingerprint density at radius 1 is 1.54 bits per heavy atom. The molecule has 0 aliphatic heterocycles. The van der Waals surface area contributed by atoms with Gasteiger partial charge in [-0.25, -0.2) is 0 Å². The summed E-state index contributed by atoms with van der Waals surface area (Å²) in [4.78, 5) is 9.10. The zero-order valence-corrected chi connectivity index (χ0v) is 6.63. The Hall–Kier alpha value is -1.24. The van der Waals surface area contributed by atoms with Crippen molar-refractivity contribution in [2.24, 2.45) is 0 Å². The summed E-state index contributed by atoms with van der Waals surface area (Å²) in [5.74, 6) is -0.811. The lowest BCUT2D eigenvalue weighted by atomic mass is 10.3. The summed E-state index contributed by atoms with van der Waals surface area (Å²) in [5.41, 5.74) is -1.14. The molecule has 0 aliphatic carbocycles. The minimum absolute atomic E-state index is 0.294. The third-order valence-corrected chi connectivity index (χ3v) is 1.54. The molecule has 1 aromatic heterocycles. The van der Waals surface area contributed by atoms with Crippen molar-refractivity contribution in [3.05, 3.63) is 27.9 Å². The summed E-state index contributed by atoms with van der Waals surface area (Å²) < 4.78 is 36.1. The van der Waals surface area contributed by atoms with Crippen LogP contribution in [0.25, 0.3) is 0 Å². The molecule has 0 aromatic carbocycles. The highest BCUT2D eigenvalue weighted by molar-refractivity contribution is 6.16. The molecule has 0 fully saturated rings. The van der Waals surface area contributed by atoms with Crippen LogP contribution in [-0.2, 0) is 6.18 Å². The van der Waals surface area contributed by atoms with E-state index in [0.29, 0.717) is 16.3 Å². The van der Waals surface area contributed by atoms with Gasteiger partial charge in [0.25, 0.3) is 0 Å². The average molecular weight is 215 g/mol. The van der Waals surface area contributed by atoms with Crippen LogP contribution in [0.15, 0.2) is 12.3 Å². The number of hydrogen-bond acceptors (Lipinski definition) is 2. The van der Waals surface area contributed by atoms with Gasteiger partial charge in [0.2, 0.25) is 0 Å². The molecule has 72 valence electrons. The van der Waals surface area contributed by atoms with Gasteiger partial charge in [0.05, 0.1) is 0 Å². The maximum absolute atomic E-state index is 12.0. The first-order valence-corrected chi connectivity index (χ1v) is 3.26. The maximum Gasteiger partial charge on any atom is 0.420 e. The second-order valence-electron chi connectivity index (χ2n) is 2.15. The molecular formula is C5H2ClF3N2O2. The molecule has 0 bridgehead atoms. The van der Waals surface area contributed by atoms with Crippen molar-refractivity contribution in [3.63, 3.8) is 0 Å². The Kier molecular flexibility index (Phi) is 2.21. The molecule has 0 unspecified atom stereocenters. The van der Waals surface area contributed by atoms with E-state index in [0.717, 1.165) is 0 Å². The van der Waals surface area contributed by atoms with E-state index in [2.05, 4.69) is 0 Å². The summed E-state index contributed by atoms with van der Waals surface area (Å²) in [6, 6.07) is 0.368. The fraction of sp³-hybridized carbons (Fsp3) is 0.200. The Bertz CT molecular complexity index is 346. The van der Waals surface area contributed by atoms with Gasteiger partial charge in [-0.05, 0) is 4.92 Å². The minimum atomic E-state index is -4.62. The summed E-state index contributed by atoms with van der Waals surface area (Å²) in [7, 11) is 0. The molecule has 13 heavy (non-hydrogen) atoms. The van der Waals surface area contributed by atoms with E-state index in [1.54, 1.807) is 0 Å². The normalized spacial score (nSPS) is 11.7. The van der Waals surface area contributed by atoms with Gasteiger partial charge in [-0.15, -0.1) is 4.09 Å². The van der Waals surface area contributed by atoms with Gasteiger partial charge in [-0.3, -0.25) is 0 Å². The van der Waals surface area contributed by atoms with Gasteiger partial charge in [-0.2, -0.15) is 13.2 Å². The molecule has 8 heteroatoms. The third-order valence-electron chi connectivity index (χ3n) is 1.27. The smallest absolute Gasteiger partial charge is 0.358 e. The van der Waals surface area contributed by atoms with Crippen molar-refractivity contribution < 1.29 is 18.1 Å². The number of nitro groups is 1. The molecule has 4 nitrogen and oxygen atoms in total. The first-order chi connectivity index (χ1) is 5.82. The third kappa shape index (κ3) is 1.92. The molecule has 0 N–H and O–H groups in total. The Labute approximate surface area is 74.8 Å². The molecule has 0 aliphatic rings. The van der Waals surface area contributed by atoms with E-state index in [4.69, 9.17) is 11.8 Å². The van der Waals surface area contributed by atoms with Crippen LogP contribution in [0.3, 0.4) is 0 Å². The zero-order chi connectivity index (χ0) is 10.2. The highest BCUT2D eigenvalue weighted by Gasteiger charge is 2.35. The van der Waals surface area contributed by atoms with Crippen LogP contribution in [-0.4, -0.2) is 9.01 Å². The van der Waals surface area contributed by atoms with E-state index < -0.39 is 22.5 Å². The van der Waals surface area contributed by atoms with Crippen LogP contribution in [0.5, 0.6) is 0 Å². The molecular weight excluding hydrogens is 213 g/mol. The first kappa shape index (κ1) is 9.85. The average Bonchev–Trinajstić information content (AvgIpc) is 2.29. The van der Waals surface area contributed by atoms with E-state index in [1.165, 1.54) is 0 Å². The predicted molar refractivity (Wildman–Crippen MR) is 37.3 cm³/mol. The van der Waals surface area contributed by atoms with E-state index in [-0.39, 0.29) is 0 Å². The van der Waals surface area contributed by atoms with Gasteiger partial charge < -0.3 is 10.1 Å². The van der Waals surface area contributed by atoms with E-state index in [9.17, 15) is 23.3 Å². The highest BCUT2D eigenvalue weighted by Crippen LogP contribution is 2.33. The lowest BCUT2D eigenvalue weighted by molar-refractivity contribution is -0.390. The number of nitrogens with zero attached hydrogens (tertiary/aromatic N) is 2. The molecule has 1 aromatic rings. The molecule has 0 saturated heterocycles. The van der Waals surface area contributed by atoms with Crippen molar-refractivity contribution >= 4 is 17.6 Å². The molecule has 0 saturated carbocycles. The van der Waals surface area contributed by atoms with Gasteiger partial charge in [0.15, 0.2) is 0 Å². The predicted octanol–water partition coefficient (Wildman–Crippen LogP) is 2.42. The Morgan fingerprint density at radius 2 is 2.08 bits per heavy atom. The lowest BCUT2D eigenvalue weighted by Crippen LogP contribution is -2.02. The van der Waals surface area contributed by atoms with Crippen molar-refractivity contribution in [3.8, 4) is 0 Å². The van der Waals surface area contributed by atoms with Crippen LogP contribution < -0.4 is 0 Å². The number of aromatic nitrogens is 1. The minimum Gasteiger partial charge on any atom is -0.358 e. The zero-order valence-electron chi connectivity index (χ0n) is 5.88. The monoisotopic (exact) mass is 214 g/mol. The first-order valence-electron chi connectivity index (χ1n) is 2.92. The van der Waals surface area contributed by atoms with E-state index in [1.807, 2.05) is 0 Å². The lowest BCUT2D eigenvalue weighted by Gasteiger charge is -1.98. The van der Waals surface area contributed by atoms with Crippen LogP contribution in [0.4, 0.5) is 19.0 Å². The van der Waals surface area contributed by atoms with Gasteiger partial charge in [0.1, 0.15) is 23.5 Å². The Morgan fingerprint density at radius 3 is 2.31 bits per heavy atom. The number of hydrogen-bond donors (Lipinski definition) is 0. The van der Waals surface area contributed by atoms with Crippen molar-refractivity contribution in [1.82, 2.24) is 4.09 Å². The summed E-state index contributed by atoms with van der Waals surface area (Å²) in [5, 5.41) is 10.1. The SMILES string of the molecule is O=[N+]([O-])c1cc(C(F)(F)F)cn1Cl. The quantitative estimate of drug-likeness (QED) is 0.532.